The third-order valence-corrected chi connectivity index (χ3v) is 3.76. The molecule has 2 nitrogen and oxygen atoms in total. The molecule has 18 heavy (non-hydrogen) atoms. The molecule has 2 atom stereocenters. The van der Waals surface area contributed by atoms with Crippen molar-refractivity contribution >= 4 is 0 Å². The first kappa shape index (κ1) is 13.4. The lowest BCUT2D eigenvalue weighted by atomic mass is 9.77. The van der Waals surface area contributed by atoms with Crippen LogP contribution in [0.1, 0.15) is 36.8 Å². The van der Waals surface area contributed by atoms with Gasteiger partial charge in [-0.2, -0.15) is 0 Å². The summed E-state index contributed by atoms with van der Waals surface area (Å²) in [5, 5.41) is 10.6. The number of halogens is 2. The number of benzene rings is 1. The molecule has 1 fully saturated rings. The van der Waals surface area contributed by atoms with E-state index in [2.05, 4.69) is 0 Å². The van der Waals surface area contributed by atoms with Crippen molar-refractivity contribution in [2.75, 3.05) is 7.11 Å². The average molecular weight is 256 g/mol. The standard InChI is InChI=1S/C14H18F2O2/c1-9-5-6-11(15)12(13(9)16)14(17)7-3-4-10(8-14)18-2/h5-6,10,17H,3-4,7-8H2,1-2H3. The van der Waals surface area contributed by atoms with Gasteiger partial charge in [-0.3, -0.25) is 0 Å². The summed E-state index contributed by atoms with van der Waals surface area (Å²) in [6, 6.07) is 2.59. The maximum absolute atomic E-state index is 14.1. The molecule has 1 N–H and O–H groups in total. The van der Waals surface area contributed by atoms with Crippen LogP contribution in [-0.2, 0) is 10.3 Å². The van der Waals surface area contributed by atoms with Crippen LogP contribution in [0.25, 0.3) is 0 Å². The van der Waals surface area contributed by atoms with Crippen LogP contribution in [-0.4, -0.2) is 18.3 Å². The van der Waals surface area contributed by atoms with Crippen LogP contribution in [0.5, 0.6) is 0 Å². The monoisotopic (exact) mass is 256 g/mol. The van der Waals surface area contributed by atoms with Gasteiger partial charge in [0.25, 0.3) is 0 Å². The van der Waals surface area contributed by atoms with E-state index in [0.717, 1.165) is 6.42 Å². The lowest BCUT2D eigenvalue weighted by Gasteiger charge is -2.37. The zero-order valence-electron chi connectivity index (χ0n) is 10.7. The molecule has 0 aliphatic heterocycles. The fourth-order valence-electron chi connectivity index (χ4n) is 2.71. The SMILES string of the molecule is COC1CCCC(O)(c2c(F)ccc(C)c2F)C1. The smallest absolute Gasteiger partial charge is 0.135 e. The molecule has 100 valence electrons. The van der Waals surface area contributed by atoms with E-state index in [-0.39, 0.29) is 18.1 Å². The van der Waals surface area contributed by atoms with Crippen LogP contribution in [0.15, 0.2) is 12.1 Å². The van der Waals surface area contributed by atoms with Gasteiger partial charge in [0, 0.05) is 13.5 Å². The first-order chi connectivity index (χ1) is 8.48. The molecule has 0 amide bonds. The highest BCUT2D eigenvalue weighted by Gasteiger charge is 2.40. The van der Waals surface area contributed by atoms with Crippen molar-refractivity contribution < 1.29 is 18.6 Å². The Morgan fingerprint density at radius 2 is 2.11 bits per heavy atom. The number of rotatable bonds is 2. The van der Waals surface area contributed by atoms with Crippen molar-refractivity contribution in [3.8, 4) is 0 Å². The first-order valence-corrected chi connectivity index (χ1v) is 6.18. The minimum absolute atomic E-state index is 0.150. The molecule has 0 bridgehead atoms. The molecular weight excluding hydrogens is 238 g/mol. The third-order valence-electron chi connectivity index (χ3n) is 3.76. The Morgan fingerprint density at radius 1 is 1.39 bits per heavy atom. The molecule has 1 aromatic rings. The minimum atomic E-state index is -1.46. The summed E-state index contributed by atoms with van der Waals surface area (Å²) in [7, 11) is 1.55. The van der Waals surface area contributed by atoms with Gasteiger partial charge in [-0.25, -0.2) is 8.78 Å². The molecule has 1 aromatic carbocycles. The van der Waals surface area contributed by atoms with Gasteiger partial charge in [0.15, 0.2) is 0 Å². The molecule has 0 aromatic heterocycles. The Bertz CT molecular complexity index is 448. The molecule has 2 rings (SSSR count). The van der Waals surface area contributed by atoms with Crippen molar-refractivity contribution in [3.05, 3.63) is 34.9 Å². The van der Waals surface area contributed by atoms with Crippen molar-refractivity contribution in [2.45, 2.75) is 44.3 Å². The number of ether oxygens (including phenoxy) is 1. The Morgan fingerprint density at radius 3 is 2.78 bits per heavy atom. The largest absolute Gasteiger partial charge is 0.385 e. The van der Waals surface area contributed by atoms with Crippen molar-refractivity contribution in [2.24, 2.45) is 0 Å². The fraction of sp³-hybridized carbons (Fsp3) is 0.571. The molecule has 0 saturated heterocycles. The fourth-order valence-corrected chi connectivity index (χ4v) is 2.71. The molecular formula is C14H18F2O2. The van der Waals surface area contributed by atoms with Gasteiger partial charge in [0.1, 0.15) is 11.6 Å². The zero-order valence-corrected chi connectivity index (χ0v) is 10.7. The van der Waals surface area contributed by atoms with E-state index in [4.69, 9.17) is 4.74 Å². The normalized spacial score (nSPS) is 28.4. The van der Waals surface area contributed by atoms with E-state index in [9.17, 15) is 13.9 Å². The highest BCUT2D eigenvalue weighted by atomic mass is 19.1. The van der Waals surface area contributed by atoms with E-state index in [0.29, 0.717) is 18.4 Å². The predicted molar refractivity (Wildman–Crippen MR) is 64.3 cm³/mol. The van der Waals surface area contributed by atoms with Crippen LogP contribution in [0, 0.1) is 18.6 Å². The second-order valence-electron chi connectivity index (χ2n) is 5.04. The highest BCUT2D eigenvalue weighted by Crippen LogP contribution is 2.40. The second-order valence-corrected chi connectivity index (χ2v) is 5.04. The van der Waals surface area contributed by atoms with E-state index >= 15 is 0 Å². The van der Waals surface area contributed by atoms with Crippen LogP contribution >= 0.6 is 0 Å². The Kier molecular flexibility index (Phi) is 3.69. The maximum Gasteiger partial charge on any atom is 0.135 e. The van der Waals surface area contributed by atoms with Crippen molar-refractivity contribution in [1.82, 2.24) is 0 Å². The Labute approximate surface area is 106 Å². The molecule has 1 aliphatic carbocycles. The highest BCUT2D eigenvalue weighted by molar-refractivity contribution is 5.32. The first-order valence-electron chi connectivity index (χ1n) is 6.18. The number of aryl methyl sites for hydroxylation is 1. The molecule has 1 saturated carbocycles. The summed E-state index contributed by atoms with van der Waals surface area (Å²) in [5.41, 5.74) is -1.32. The number of hydrogen-bond donors (Lipinski definition) is 1. The van der Waals surface area contributed by atoms with Crippen LogP contribution in [0.3, 0.4) is 0 Å². The van der Waals surface area contributed by atoms with Crippen molar-refractivity contribution in [1.29, 1.82) is 0 Å². The molecule has 1 aliphatic rings. The summed E-state index contributed by atoms with van der Waals surface area (Å²) in [6.45, 7) is 1.57. The number of aliphatic hydroxyl groups is 1. The van der Waals surface area contributed by atoms with E-state index < -0.39 is 17.2 Å². The van der Waals surface area contributed by atoms with Crippen LogP contribution in [0.4, 0.5) is 8.78 Å². The average Bonchev–Trinajstić information content (AvgIpc) is 2.34. The van der Waals surface area contributed by atoms with E-state index in [1.54, 1.807) is 14.0 Å². The molecule has 4 heteroatoms. The Hall–Kier alpha value is -1.00. The lowest BCUT2D eigenvalue weighted by Crippen LogP contribution is -2.37. The molecule has 0 heterocycles. The summed E-state index contributed by atoms with van der Waals surface area (Å²) >= 11 is 0. The van der Waals surface area contributed by atoms with Crippen molar-refractivity contribution in [3.63, 3.8) is 0 Å². The number of methoxy groups -OCH3 is 1. The van der Waals surface area contributed by atoms with Gasteiger partial charge in [-0.15, -0.1) is 0 Å². The molecule has 2 unspecified atom stereocenters. The Balaban J connectivity index is 2.43. The van der Waals surface area contributed by atoms with Gasteiger partial charge in [0.2, 0.25) is 0 Å². The van der Waals surface area contributed by atoms with Gasteiger partial charge in [-0.05, 0) is 37.8 Å². The third kappa shape index (κ3) is 2.27. The van der Waals surface area contributed by atoms with Gasteiger partial charge < -0.3 is 9.84 Å². The van der Waals surface area contributed by atoms with Gasteiger partial charge >= 0.3 is 0 Å². The minimum Gasteiger partial charge on any atom is -0.385 e. The molecule has 0 radical (unpaired) electrons. The quantitative estimate of drug-likeness (QED) is 0.881. The summed E-state index contributed by atoms with van der Waals surface area (Å²) in [5.74, 6) is -1.33. The summed E-state index contributed by atoms with van der Waals surface area (Å²) in [4.78, 5) is 0. The number of hydrogen-bond acceptors (Lipinski definition) is 2. The predicted octanol–water partition coefficient (Wildman–Crippen LogP) is 3.05. The van der Waals surface area contributed by atoms with Gasteiger partial charge in [-0.1, -0.05) is 6.07 Å². The summed E-state index contributed by atoms with van der Waals surface area (Å²) in [6.07, 6.45) is 1.96. The van der Waals surface area contributed by atoms with Crippen LogP contribution in [0.2, 0.25) is 0 Å². The van der Waals surface area contributed by atoms with Gasteiger partial charge in [0.05, 0.1) is 17.3 Å². The lowest BCUT2D eigenvalue weighted by molar-refractivity contribution is -0.0670. The van der Waals surface area contributed by atoms with Crippen LogP contribution < -0.4 is 0 Å². The topological polar surface area (TPSA) is 29.5 Å². The maximum atomic E-state index is 14.1. The second kappa shape index (κ2) is 4.94. The van der Waals surface area contributed by atoms with E-state index in [1.807, 2.05) is 0 Å². The summed E-state index contributed by atoms with van der Waals surface area (Å²) < 4.78 is 33.1. The van der Waals surface area contributed by atoms with E-state index in [1.165, 1.54) is 12.1 Å². The zero-order chi connectivity index (χ0) is 13.3. The molecule has 0 spiro atoms.